The van der Waals surface area contributed by atoms with Gasteiger partial charge < -0.3 is 5.73 Å². The molecule has 1 aromatic carbocycles. The van der Waals surface area contributed by atoms with Crippen molar-refractivity contribution >= 4 is 34.0 Å². The summed E-state index contributed by atoms with van der Waals surface area (Å²) in [7, 11) is -3.48. The first-order valence-electron chi connectivity index (χ1n) is 6.25. The molecule has 0 spiro atoms. The molecule has 0 saturated carbocycles. The zero-order chi connectivity index (χ0) is 14.3. The maximum atomic E-state index is 12.6. The normalized spacial score (nSPS) is 23.6. The Hall–Kier alpha value is -0.330. The molecule has 1 fully saturated rings. The first-order chi connectivity index (χ1) is 8.78. The first-order valence-corrected chi connectivity index (χ1v) is 8.07. The van der Waals surface area contributed by atoms with Crippen molar-refractivity contribution in [1.29, 1.82) is 0 Å². The van der Waals surface area contributed by atoms with Gasteiger partial charge in [-0.15, -0.1) is 12.4 Å². The number of nitrogens with zero attached hydrogens (tertiary/aromatic N) is 1. The molecule has 1 atom stereocenters. The van der Waals surface area contributed by atoms with Gasteiger partial charge in [0, 0.05) is 18.1 Å². The van der Waals surface area contributed by atoms with Gasteiger partial charge in [0.05, 0.1) is 4.90 Å². The topological polar surface area (TPSA) is 63.4 Å². The van der Waals surface area contributed by atoms with E-state index in [2.05, 4.69) is 0 Å². The fourth-order valence-electron chi connectivity index (χ4n) is 2.34. The number of hydrogen-bond donors (Lipinski definition) is 1. The van der Waals surface area contributed by atoms with Crippen LogP contribution in [-0.2, 0) is 10.0 Å². The lowest BCUT2D eigenvalue weighted by Gasteiger charge is -2.23. The lowest BCUT2D eigenvalue weighted by atomic mass is 9.90. The Morgan fingerprint density at radius 3 is 2.65 bits per heavy atom. The lowest BCUT2D eigenvalue weighted by molar-refractivity contribution is 0.349. The van der Waals surface area contributed by atoms with E-state index in [1.165, 1.54) is 10.4 Å². The van der Waals surface area contributed by atoms with Gasteiger partial charge in [-0.25, -0.2) is 8.42 Å². The summed E-state index contributed by atoms with van der Waals surface area (Å²) in [6, 6.07) is 4.95. The molecular weight excluding hydrogens is 319 g/mol. The number of nitrogens with two attached hydrogens (primary N) is 1. The molecule has 7 heteroatoms. The van der Waals surface area contributed by atoms with Crippen molar-refractivity contribution in [3.8, 4) is 0 Å². The van der Waals surface area contributed by atoms with E-state index >= 15 is 0 Å². The van der Waals surface area contributed by atoms with Gasteiger partial charge >= 0.3 is 0 Å². The summed E-state index contributed by atoms with van der Waals surface area (Å²) in [6.07, 6.45) is 0.794. The molecular formula is C13H20Cl2N2O2S. The van der Waals surface area contributed by atoms with Crippen LogP contribution in [0.4, 0.5) is 0 Å². The van der Waals surface area contributed by atoms with E-state index in [1.54, 1.807) is 19.1 Å². The average molecular weight is 339 g/mol. The van der Waals surface area contributed by atoms with Gasteiger partial charge in [0.1, 0.15) is 0 Å². The third-order valence-electron chi connectivity index (χ3n) is 3.78. The number of sulfonamides is 1. The van der Waals surface area contributed by atoms with E-state index in [1.807, 2.05) is 6.92 Å². The molecule has 1 aromatic rings. The molecule has 1 heterocycles. The Morgan fingerprint density at radius 1 is 1.45 bits per heavy atom. The monoisotopic (exact) mass is 338 g/mol. The van der Waals surface area contributed by atoms with Gasteiger partial charge in [-0.3, -0.25) is 0 Å². The summed E-state index contributed by atoms with van der Waals surface area (Å²) in [4.78, 5) is 0.293. The molecule has 0 bridgehead atoms. The summed E-state index contributed by atoms with van der Waals surface area (Å²) in [5.74, 6) is 0. The van der Waals surface area contributed by atoms with Gasteiger partial charge in [-0.2, -0.15) is 4.31 Å². The lowest BCUT2D eigenvalue weighted by Crippen LogP contribution is -2.34. The van der Waals surface area contributed by atoms with E-state index in [0.29, 0.717) is 35.1 Å². The molecule has 0 amide bonds. The quantitative estimate of drug-likeness (QED) is 0.920. The van der Waals surface area contributed by atoms with E-state index in [0.717, 1.165) is 6.42 Å². The van der Waals surface area contributed by atoms with Crippen LogP contribution in [0.2, 0.25) is 5.02 Å². The van der Waals surface area contributed by atoms with Crippen molar-refractivity contribution in [3.63, 3.8) is 0 Å². The largest absolute Gasteiger partial charge is 0.330 e. The summed E-state index contributed by atoms with van der Waals surface area (Å²) in [6.45, 7) is 5.28. The standard InChI is InChI=1S/C13H19ClN2O2S.ClH/c1-10-3-4-11(14)7-12(10)19(17,18)16-6-5-13(2,8-15)9-16;/h3-4,7H,5-6,8-9,15H2,1-2H3;1H. The van der Waals surface area contributed by atoms with E-state index in [9.17, 15) is 8.42 Å². The van der Waals surface area contributed by atoms with Crippen molar-refractivity contribution in [2.45, 2.75) is 25.2 Å². The Bertz CT molecular complexity index is 592. The zero-order valence-electron chi connectivity index (χ0n) is 11.6. The third-order valence-corrected chi connectivity index (χ3v) is 6.01. The molecule has 1 unspecified atom stereocenters. The second kappa shape index (κ2) is 6.20. The van der Waals surface area contributed by atoms with Crippen molar-refractivity contribution in [1.82, 2.24) is 4.31 Å². The molecule has 1 aliphatic heterocycles. The van der Waals surface area contributed by atoms with Crippen LogP contribution in [-0.4, -0.2) is 32.4 Å². The third kappa shape index (κ3) is 3.28. The molecule has 0 radical (unpaired) electrons. The number of rotatable bonds is 3. The second-order valence-corrected chi connectivity index (χ2v) is 7.86. The van der Waals surface area contributed by atoms with Gasteiger partial charge in [0.15, 0.2) is 0 Å². The molecule has 0 aliphatic carbocycles. The van der Waals surface area contributed by atoms with Crippen LogP contribution in [0, 0.1) is 12.3 Å². The number of benzene rings is 1. The fraction of sp³-hybridized carbons (Fsp3) is 0.538. The number of halogens is 2. The van der Waals surface area contributed by atoms with Crippen LogP contribution < -0.4 is 5.73 Å². The first kappa shape index (κ1) is 17.7. The van der Waals surface area contributed by atoms with E-state index < -0.39 is 10.0 Å². The molecule has 20 heavy (non-hydrogen) atoms. The second-order valence-electron chi connectivity index (χ2n) is 5.51. The van der Waals surface area contributed by atoms with Crippen molar-refractivity contribution in [3.05, 3.63) is 28.8 Å². The van der Waals surface area contributed by atoms with Crippen LogP contribution >= 0.6 is 24.0 Å². The minimum atomic E-state index is -3.48. The maximum absolute atomic E-state index is 12.6. The molecule has 4 nitrogen and oxygen atoms in total. The molecule has 1 aliphatic rings. The average Bonchev–Trinajstić information content (AvgIpc) is 2.76. The van der Waals surface area contributed by atoms with Crippen LogP contribution in [0.25, 0.3) is 0 Å². The molecule has 2 rings (SSSR count). The summed E-state index contributed by atoms with van der Waals surface area (Å²) in [5.41, 5.74) is 6.31. The molecule has 0 aromatic heterocycles. The number of aryl methyl sites for hydroxylation is 1. The van der Waals surface area contributed by atoms with Crippen LogP contribution in [0.3, 0.4) is 0 Å². The van der Waals surface area contributed by atoms with Gasteiger partial charge in [0.2, 0.25) is 10.0 Å². The Morgan fingerprint density at radius 2 is 2.10 bits per heavy atom. The van der Waals surface area contributed by atoms with Gasteiger partial charge in [-0.05, 0) is 43.0 Å². The van der Waals surface area contributed by atoms with Gasteiger partial charge in [0.25, 0.3) is 0 Å². The van der Waals surface area contributed by atoms with E-state index in [4.69, 9.17) is 17.3 Å². The number of hydrogen-bond acceptors (Lipinski definition) is 3. The molecule has 114 valence electrons. The van der Waals surface area contributed by atoms with Crippen LogP contribution in [0.1, 0.15) is 18.9 Å². The summed E-state index contributed by atoms with van der Waals surface area (Å²) >= 11 is 5.91. The Kier molecular flexibility index (Phi) is 5.49. The van der Waals surface area contributed by atoms with Gasteiger partial charge in [-0.1, -0.05) is 24.6 Å². The van der Waals surface area contributed by atoms with E-state index in [-0.39, 0.29) is 17.8 Å². The highest BCUT2D eigenvalue weighted by atomic mass is 35.5. The highest BCUT2D eigenvalue weighted by Crippen LogP contribution is 2.33. The molecule has 2 N–H and O–H groups in total. The van der Waals surface area contributed by atoms with Crippen molar-refractivity contribution in [2.24, 2.45) is 11.1 Å². The molecule has 1 saturated heterocycles. The zero-order valence-corrected chi connectivity index (χ0v) is 14.0. The predicted molar refractivity (Wildman–Crippen MR) is 84.0 cm³/mol. The smallest absolute Gasteiger partial charge is 0.243 e. The fourth-order valence-corrected chi connectivity index (χ4v) is 4.42. The minimum absolute atomic E-state index is 0. The predicted octanol–water partition coefficient (Wildman–Crippen LogP) is 2.43. The van der Waals surface area contributed by atoms with Crippen LogP contribution in [0.15, 0.2) is 23.1 Å². The highest BCUT2D eigenvalue weighted by molar-refractivity contribution is 7.89. The summed E-state index contributed by atoms with van der Waals surface area (Å²) < 4.78 is 26.8. The van der Waals surface area contributed by atoms with Crippen molar-refractivity contribution in [2.75, 3.05) is 19.6 Å². The Balaban J connectivity index is 0.00000200. The summed E-state index contributed by atoms with van der Waals surface area (Å²) in [5, 5.41) is 0.435. The maximum Gasteiger partial charge on any atom is 0.243 e. The van der Waals surface area contributed by atoms with Crippen LogP contribution in [0.5, 0.6) is 0 Å². The minimum Gasteiger partial charge on any atom is -0.330 e. The SMILES string of the molecule is Cc1ccc(Cl)cc1S(=O)(=O)N1CCC(C)(CN)C1.Cl. The van der Waals surface area contributed by atoms with Crippen molar-refractivity contribution < 1.29 is 8.42 Å². The highest BCUT2D eigenvalue weighted by Gasteiger charge is 2.39. The Labute approximate surface area is 131 Å².